The Balaban J connectivity index is 1.48. The third kappa shape index (κ3) is 6.27. The quantitative estimate of drug-likeness (QED) is 0.557. The van der Waals surface area contributed by atoms with Crippen LogP contribution < -0.4 is 15.4 Å². The number of hydrogen-bond donors (Lipinski definition) is 3. The molecule has 2 saturated carbocycles. The highest BCUT2D eigenvalue weighted by atomic mass is 32.2. The van der Waals surface area contributed by atoms with E-state index in [1.807, 2.05) is 0 Å². The molecule has 2 aliphatic rings. The molecule has 3 amide bonds. The number of nitrogens with one attached hydrogen (secondary N) is 3. The van der Waals surface area contributed by atoms with E-state index in [-0.39, 0.29) is 22.5 Å². The van der Waals surface area contributed by atoms with Crippen LogP contribution in [0.5, 0.6) is 0 Å². The minimum atomic E-state index is -3.71. The molecule has 1 aromatic rings. The summed E-state index contributed by atoms with van der Waals surface area (Å²) >= 11 is 0. The first-order chi connectivity index (χ1) is 14.2. The van der Waals surface area contributed by atoms with E-state index < -0.39 is 34.5 Å². The Kier molecular flexibility index (Phi) is 7.09. The number of urea groups is 1. The van der Waals surface area contributed by atoms with Crippen LogP contribution in [0.3, 0.4) is 0 Å². The van der Waals surface area contributed by atoms with Crippen LogP contribution in [0.15, 0.2) is 29.2 Å². The number of rotatable bonds is 7. The lowest BCUT2D eigenvalue weighted by Crippen LogP contribution is -2.48. The van der Waals surface area contributed by atoms with Crippen LogP contribution in [0, 0.1) is 5.92 Å². The van der Waals surface area contributed by atoms with E-state index in [4.69, 9.17) is 4.74 Å². The standard InChI is InChI=1S/C20H27N3O6S/c1-13-5-2-3-8-17(13)21-20(26)22-18(24)12-29-19(25)14-6-4-7-16(11-14)30(27,28)23-15-9-10-15/h4,6-7,11,13,15,17,23H,2-3,5,8-10,12H2,1H3,(H2,21,22,24,26). The van der Waals surface area contributed by atoms with Gasteiger partial charge in [0.15, 0.2) is 6.61 Å². The van der Waals surface area contributed by atoms with E-state index in [0.717, 1.165) is 38.5 Å². The average molecular weight is 438 g/mol. The predicted octanol–water partition coefficient (Wildman–Crippen LogP) is 1.69. The van der Waals surface area contributed by atoms with Crippen molar-refractivity contribution in [2.45, 2.75) is 62.4 Å². The first kappa shape index (κ1) is 22.2. The molecule has 2 aliphatic carbocycles. The van der Waals surface area contributed by atoms with E-state index >= 15 is 0 Å². The van der Waals surface area contributed by atoms with E-state index in [2.05, 4.69) is 22.3 Å². The van der Waals surface area contributed by atoms with Crippen molar-refractivity contribution >= 4 is 27.9 Å². The van der Waals surface area contributed by atoms with Crippen molar-refractivity contribution in [3.05, 3.63) is 29.8 Å². The van der Waals surface area contributed by atoms with Crippen LogP contribution in [0.25, 0.3) is 0 Å². The molecule has 2 unspecified atom stereocenters. The summed E-state index contributed by atoms with van der Waals surface area (Å²) < 4.78 is 32.0. The van der Waals surface area contributed by atoms with Gasteiger partial charge in [-0.2, -0.15) is 0 Å². The molecule has 0 bridgehead atoms. The zero-order valence-electron chi connectivity index (χ0n) is 16.8. The lowest BCUT2D eigenvalue weighted by Gasteiger charge is -2.29. The number of hydrogen-bond acceptors (Lipinski definition) is 6. The van der Waals surface area contributed by atoms with Gasteiger partial charge < -0.3 is 10.1 Å². The summed E-state index contributed by atoms with van der Waals surface area (Å²) in [5.74, 6) is -1.27. The summed E-state index contributed by atoms with van der Waals surface area (Å²) in [4.78, 5) is 36.0. The fourth-order valence-corrected chi connectivity index (χ4v) is 4.74. The molecule has 3 N–H and O–H groups in total. The predicted molar refractivity (Wildman–Crippen MR) is 108 cm³/mol. The summed E-state index contributed by atoms with van der Waals surface area (Å²) in [7, 11) is -3.71. The molecule has 0 spiro atoms. The van der Waals surface area contributed by atoms with Gasteiger partial charge in [-0.1, -0.05) is 25.8 Å². The molecule has 3 rings (SSSR count). The largest absolute Gasteiger partial charge is 0.452 e. The van der Waals surface area contributed by atoms with Crippen LogP contribution in [-0.2, 0) is 19.6 Å². The SMILES string of the molecule is CC1CCCCC1NC(=O)NC(=O)COC(=O)c1cccc(S(=O)(=O)NC2CC2)c1. The van der Waals surface area contributed by atoms with Gasteiger partial charge in [0.2, 0.25) is 10.0 Å². The first-order valence-electron chi connectivity index (χ1n) is 10.1. The average Bonchev–Trinajstić information content (AvgIpc) is 3.51. The summed E-state index contributed by atoms with van der Waals surface area (Å²) in [5, 5.41) is 4.93. The second kappa shape index (κ2) is 9.57. The van der Waals surface area contributed by atoms with E-state index in [1.54, 1.807) is 0 Å². The molecule has 164 valence electrons. The van der Waals surface area contributed by atoms with Crippen LogP contribution in [0.2, 0.25) is 0 Å². The van der Waals surface area contributed by atoms with Gasteiger partial charge in [0.25, 0.3) is 5.91 Å². The minimum absolute atomic E-state index is 0.00181. The zero-order valence-corrected chi connectivity index (χ0v) is 17.7. The molecule has 30 heavy (non-hydrogen) atoms. The molecule has 0 aromatic heterocycles. The lowest BCUT2D eigenvalue weighted by molar-refractivity contribution is -0.123. The summed E-state index contributed by atoms with van der Waals surface area (Å²) in [5.41, 5.74) is 0.00181. The van der Waals surface area contributed by atoms with Crippen molar-refractivity contribution in [3.63, 3.8) is 0 Å². The summed E-state index contributed by atoms with van der Waals surface area (Å²) in [6.07, 6.45) is 5.65. The summed E-state index contributed by atoms with van der Waals surface area (Å²) in [6, 6.07) is 4.74. The smallest absolute Gasteiger partial charge is 0.338 e. The Morgan fingerprint density at radius 1 is 1.10 bits per heavy atom. The number of amides is 3. The minimum Gasteiger partial charge on any atom is -0.452 e. The van der Waals surface area contributed by atoms with Crippen molar-refractivity contribution in [2.75, 3.05) is 6.61 Å². The second-order valence-corrected chi connectivity index (χ2v) is 9.60. The van der Waals surface area contributed by atoms with Gasteiger partial charge in [-0.25, -0.2) is 22.7 Å². The molecular weight excluding hydrogens is 410 g/mol. The van der Waals surface area contributed by atoms with Crippen molar-refractivity contribution in [3.8, 4) is 0 Å². The molecule has 1 aromatic carbocycles. The van der Waals surface area contributed by atoms with Gasteiger partial charge in [-0.05, 0) is 49.8 Å². The van der Waals surface area contributed by atoms with E-state index in [1.165, 1.54) is 24.3 Å². The van der Waals surface area contributed by atoms with Crippen LogP contribution in [0.4, 0.5) is 4.79 Å². The molecule has 0 radical (unpaired) electrons. The fraction of sp³-hybridized carbons (Fsp3) is 0.550. The third-order valence-electron chi connectivity index (χ3n) is 5.29. The van der Waals surface area contributed by atoms with Gasteiger partial charge >= 0.3 is 12.0 Å². The van der Waals surface area contributed by atoms with Crippen LogP contribution in [0.1, 0.15) is 55.8 Å². The van der Waals surface area contributed by atoms with Crippen molar-refractivity contribution in [2.24, 2.45) is 5.92 Å². The highest BCUT2D eigenvalue weighted by molar-refractivity contribution is 7.89. The van der Waals surface area contributed by atoms with Crippen molar-refractivity contribution in [1.29, 1.82) is 0 Å². The Labute approximate surface area is 176 Å². The maximum Gasteiger partial charge on any atom is 0.338 e. The molecule has 0 aliphatic heterocycles. The molecule has 0 saturated heterocycles. The number of carbonyl (C=O) groups excluding carboxylic acids is 3. The van der Waals surface area contributed by atoms with Crippen LogP contribution >= 0.6 is 0 Å². The monoisotopic (exact) mass is 437 g/mol. The van der Waals surface area contributed by atoms with Gasteiger partial charge in [0.05, 0.1) is 10.5 Å². The van der Waals surface area contributed by atoms with E-state index in [0.29, 0.717) is 5.92 Å². The van der Waals surface area contributed by atoms with Crippen molar-refractivity contribution in [1.82, 2.24) is 15.4 Å². The first-order valence-corrected chi connectivity index (χ1v) is 11.6. The molecule has 9 nitrogen and oxygen atoms in total. The topological polar surface area (TPSA) is 131 Å². The molecule has 0 heterocycles. The molecule has 2 fully saturated rings. The molecular formula is C20H27N3O6S. The van der Waals surface area contributed by atoms with E-state index in [9.17, 15) is 22.8 Å². The Morgan fingerprint density at radius 2 is 1.83 bits per heavy atom. The van der Waals surface area contributed by atoms with Crippen LogP contribution in [-0.4, -0.2) is 45.0 Å². The highest BCUT2D eigenvalue weighted by Crippen LogP contribution is 2.24. The van der Waals surface area contributed by atoms with Gasteiger partial charge in [0.1, 0.15) is 0 Å². The number of benzene rings is 1. The van der Waals surface area contributed by atoms with Gasteiger partial charge in [-0.3, -0.25) is 10.1 Å². The number of sulfonamides is 1. The summed E-state index contributed by atoms with van der Waals surface area (Å²) in [6.45, 7) is 1.41. The zero-order chi connectivity index (χ0) is 21.7. The Morgan fingerprint density at radius 3 is 2.53 bits per heavy atom. The highest BCUT2D eigenvalue weighted by Gasteiger charge is 2.28. The number of esters is 1. The Hall–Kier alpha value is -2.46. The molecule has 10 heteroatoms. The lowest BCUT2D eigenvalue weighted by atomic mass is 9.86. The molecule has 2 atom stereocenters. The number of imide groups is 1. The normalized spacial score (nSPS) is 21.5. The Bertz CT molecular complexity index is 913. The number of ether oxygens (including phenoxy) is 1. The van der Waals surface area contributed by atoms with Gasteiger partial charge in [0, 0.05) is 12.1 Å². The fourth-order valence-electron chi connectivity index (χ4n) is 3.39. The maximum atomic E-state index is 12.3. The van der Waals surface area contributed by atoms with Gasteiger partial charge in [-0.15, -0.1) is 0 Å². The second-order valence-electron chi connectivity index (χ2n) is 7.89. The van der Waals surface area contributed by atoms with Crippen molar-refractivity contribution < 1.29 is 27.5 Å². The third-order valence-corrected chi connectivity index (χ3v) is 6.81. The number of carbonyl (C=O) groups is 3. The maximum absolute atomic E-state index is 12.3.